The van der Waals surface area contributed by atoms with Crippen molar-refractivity contribution >= 4 is 28.5 Å². The highest BCUT2D eigenvalue weighted by Gasteiger charge is 2.22. The number of hydrogen-bond donors (Lipinski definition) is 2. The Bertz CT molecular complexity index is 289. The van der Waals surface area contributed by atoms with Crippen molar-refractivity contribution in [3.63, 3.8) is 0 Å². The van der Waals surface area contributed by atoms with E-state index in [4.69, 9.17) is 5.73 Å². The Morgan fingerprint density at radius 1 is 1.38 bits per heavy atom. The maximum absolute atomic E-state index is 10.8. The van der Waals surface area contributed by atoms with Gasteiger partial charge in [0.2, 0.25) is 5.91 Å². The van der Waals surface area contributed by atoms with Gasteiger partial charge in [0, 0.05) is 0 Å². The van der Waals surface area contributed by atoms with Gasteiger partial charge in [0.1, 0.15) is 3.92 Å². The third kappa shape index (κ3) is 2.67. The van der Waals surface area contributed by atoms with Crippen molar-refractivity contribution in [1.82, 2.24) is 0 Å². The molecule has 0 bridgehead atoms. The van der Waals surface area contributed by atoms with Gasteiger partial charge in [-0.3, -0.25) is 4.79 Å². The first-order valence-electron chi connectivity index (χ1n) is 3.79. The quantitative estimate of drug-likeness (QED) is 0.645. The Labute approximate surface area is 90.1 Å². The topological polar surface area (TPSA) is 63.3 Å². The van der Waals surface area contributed by atoms with Crippen molar-refractivity contribution < 1.29 is 9.90 Å². The molecule has 0 fully saturated rings. The fourth-order valence-electron chi connectivity index (χ4n) is 0.975. The Morgan fingerprint density at radius 2 is 1.92 bits per heavy atom. The lowest BCUT2D eigenvalue weighted by atomic mass is 10.1. The summed E-state index contributed by atoms with van der Waals surface area (Å²) in [6.45, 7) is 0. The monoisotopic (exact) mass is 291 g/mol. The first kappa shape index (κ1) is 10.5. The van der Waals surface area contributed by atoms with Gasteiger partial charge in [-0.2, -0.15) is 0 Å². The minimum Gasteiger partial charge on any atom is -0.387 e. The molecule has 3 N–H and O–H groups in total. The Balaban J connectivity index is 2.79. The molecule has 0 aliphatic rings. The van der Waals surface area contributed by atoms with Crippen molar-refractivity contribution in [2.75, 3.05) is 0 Å². The molecular formula is C9H10INO2. The summed E-state index contributed by atoms with van der Waals surface area (Å²) in [4.78, 5) is 10.8. The third-order valence-corrected chi connectivity index (χ3v) is 2.99. The molecule has 1 aromatic rings. The summed E-state index contributed by atoms with van der Waals surface area (Å²) in [5, 5.41) is 9.65. The lowest BCUT2D eigenvalue weighted by Crippen LogP contribution is -2.28. The number of halogens is 1. The third-order valence-electron chi connectivity index (χ3n) is 1.69. The van der Waals surface area contributed by atoms with Crippen LogP contribution < -0.4 is 5.73 Å². The average Bonchev–Trinajstić information content (AvgIpc) is 2.17. The SMILES string of the molecule is NC(=O)[C@@H](I)[C@@H](O)c1ccccc1. The van der Waals surface area contributed by atoms with E-state index in [-0.39, 0.29) is 0 Å². The van der Waals surface area contributed by atoms with Crippen LogP contribution in [0.5, 0.6) is 0 Å². The first-order valence-corrected chi connectivity index (χ1v) is 5.04. The number of nitrogens with two attached hydrogens (primary N) is 1. The lowest BCUT2D eigenvalue weighted by Gasteiger charge is -2.14. The molecule has 2 atom stereocenters. The molecule has 13 heavy (non-hydrogen) atoms. The van der Waals surface area contributed by atoms with Gasteiger partial charge in [0.15, 0.2) is 0 Å². The summed E-state index contributed by atoms with van der Waals surface area (Å²) in [6, 6.07) is 8.99. The van der Waals surface area contributed by atoms with Crippen LogP contribution >= 0.6 is 22.6 Å². The first-order chi connectivity index (χ1) is 6.13. The molecule has 4 heteroatoms. The van der Waals surface area contributed by atoms with E-state index in [2.05, 4.69) is 0 Å². The highest BCUT2D eigenvalue weighted by Crippen LogP contribution is 2.21. The zero-order valence-corrected chi connectivity index (χ0v) is 9.01. The van der Waals surface area contributed by atoms with E-state index < -0.39 is 15.9 Å². The van der Waals surface area contributed by atoms with Crippen LogP contribution in [0.2, 0.25) is 0 Å². The van der Waals surface area contributed by atoms with E-state index in [0.29, 0.717) is 5.56 Å². The van der Waals surface area contributed by atoms with Gasteiger partial charge >= 0.3 is 0 Å². The largest absolute Gasteiger partial charge is 0.387 e. The van der Waals surface area contributed by atoms with Gasteiger partial charge in [0.05, 0.1) is 6.10 Å². The van der Waals surface area contributed by atoms with Crippen LogP contribution in [0, 0.1) is 0 Å². The highest BCUT2D eigenvalue weighted by molar-refractivity contribution is 14.1. The van der Waals surface area contributed by atoms with Gasteiger partial charge in [-0.05, 0) is 5.56 Å². The second-order valence-electron chi connectivity index (χ2n) is 2.66. The second kappa shape index (κ2) is 4.57. The highest BCUT2D eigenvalue weighted by atomic mass is 127. The van der Waals surface area contributed by atoms with Crippen LogP contribution in [-0.2, 0) is 4.79 Å². The zero-order valence-electron chi connectivity index (χ0n) is 6.85. The molecule has 1 amide bonds. The molecule has 0 unspecified atom stereocenters. The molecule has 0 saturated heterocycles. The van der Waals surface area contributed by atoms with E-state index in [1.807, 2.05) is 40.8 Å². The van der Waals surface area contributed by atoms with Crippen molar-refractivity contribution in [2.24, 2.45) is 5.73 Å². The van der Waals surface area contributed by atoms with Gasteiger partial charge in [-0.1, -0.05) is 52.9 Å². The lowest BCUT2D eigenvalue weighted by molar-refractivity contribution is -0.118. The van der Waals surface area contributed by atoms with Crippen LogP contribution in [0.4, 0.5) is 0 Å². The zero-order chi connectivity index (χ0) is 9.84. The summed E-state index contributed by atoms with van der Waals surface area (Å²) in [6.07, 6.45) is -0.820. The van der Waals surface area contributed by atoms with Crippen LogP contribution in [-0.4, -0.2) is 14.9 Å². The van der Waals surface area contributed by atoms with E-state index in [1.165, 1.54) is 0 Å². The summed E-state index contributed by atoms with van der Waals surface area (Å²) < 4.78 is -0.583. The van der Waals surface area contributed by atoms with Gasteiger partial charge in [-0.25, -0.2) is 0 Å². The number of carbonyl (C=O) groups is 1. The molecule has 70 valence electrons. The summed E-state index contributed by atoms with van der Waals surface area (Å²) in [5.41, 5.74) is 5.78. The summed E-state index contributed by atoms with van der Waals surface area (Å²) in [7, 11) is 0. The van der Waals surface area contributed by atoms with Crippen LogP contribution in [0.1, 0.15) is 11.7 Å². The number of aliphatic hydroxyl groups is 1. The number of alkyl halides is 1. The molecule has 0 saturated carbocycles. The maximum Gasteiger partial charge on any atom is 0.233 e. The summed E-state index contributed by atoms with van der Waals surface area (Å²) >= 11 is 1.84. The second-order valence-corrected chi connectivity index (χ2v) is 4.00. The van der Waals surface area contributed by atoms with Crippen molar-refractivity contribution in [3.05, 3.63) is 35.9 Å². The molecule has 0 aliphatic heterocycles. The van der Waals surface area contributed by atoms with E-state index in [1.54, 1.807) is 12.1 Å². The van der Waals surface area contributed by atoms with E-state index in [9.17, 15) is 9.90 Å². The van der Waals surface area contributed by atoms with Gasteiger partial charge in [0.25, 0.3) is 0 Å². The predicted molar refractivity (Wildman–Crippen MR) is 58.4 cm³/mol. The van der Waals surface area contributed by atoms with Crippen LogP contribution in [0.25, 0.3) is 0 Å². The number of aliphatic hydroxyl groups excluding tert-OH is 1. The van der Waals surface area contributed by atoms with Gasteiger partial charge < -0.3 is 10.8 Å². The van der Waals surface area contributed by atoms with Gasteiger partial charge in [-0.15, -0.1) is 0 Å². The molecular weight excluding hydrogens is 281 g/mol. The Kier molecular flexibility index (Phi) is 3.68. The number of primary amides is 1. The minimum atomic E-state index is -0.820. The van der Waals surface area contributed by atoms with E-state index >= 15 is 0 Å². The fourth-order valence-corrected chi connectivity index (χ4v) is 1.39. The fraction of sp³-hybridized carbons (Fsp3) is 0.222. The Hall–Kier alpha value is -0.620. The molecule has 1 rings (SSSR count). The van der Waals surface area contributed by atoms with Crippen molar-refractivity contribution in [2.45, 2.75) is 10.0 Å². The molecule has 3 nitrogen and oxygen atoms in total. The number of benzene rings is 1. The molecule has 0 aromatic heterocycles. The molecule has 0 aliphatic carbocycles. The van der Waals surface area contributed by atoms with Crippen molar-refractivity contribution in [1.29, 1.82) is 0 Å². The predicted octanol–water partition coefficient (Wildman–Crippen LogP) is 1.01. The number of rotatable bonds is 3. The molecule has 0 spiro atoms. The number of carbonyl (C=O) groups excluding carboxylic acids is 1. The van der Waals surface area contributed by atoms with E-state index in [0.717, 1.165) is 0 Å². The normalized spacial score (nSPS) is 14.9. The van der Waals surface area contributed by atoms with Crippen molar-refractivity contribution in [3.8, 4) is 0 Å². The average molecular weight is 291 g/mol. The standard InChI is InChI=1S/C9H10INO2/c10-7(9(11)13)8(12)6-4-2-1-3-5-6/h1-5,7-8,12H,(H2,11,13)/t7-,8-/m0/s1. The number of hydrogen-bond acceptors (Lipinski definition) is 2. The van der Waals surface area contributed by atoms with Crippen LogP contribution in [0.3, 0.4) is 0 Å². The number of amides is 1. The molecule has 1 aromatic carbocycles. The maximum atomic E-state index is 10.8. The molecule has 0 radical (unpaired) electrons. The summed E-state index contributed by atoms with van der Waals surface area (Å²) in [5.74, 6) is -0.503. The molecule has 0 heterocycles. The Morgan fingerprint density at radius 3 is 2.38 bits per heavy atom. The van der Waals surface area contributed by atoms with Crippen LogP contribution in [0.15, 0.2) is 30.3 Å². The smallest absolute Gasteiger partial charge is 0.233 e. The minimum absolute atomic E-state index is 0.503.